The van der Waals surface area contributed by atoms with E-state index in [0.717, 1.165) is 0 Å². The fourth-order valence-electron chi connectivity index (χ4n) is 10.9. The Morgan fingerprint density at radius 3 is 2.00 bits per heavy atom. The fraction of sp³-hybridized carbons (Fsp3) is 0.0545. The summed E-state index contributed by atoms with van der Waals surface area (Å²) in [4.78, 5) is 6.64. The third kappa shape index (κ3) is 4.33. The highest BCUT2D eigenvalue weighted by Gasteiger charge is 2.43. The number of hydrogen-bond donors (Lipinski definition) is 1. The van der Waals surface area contributed by atoms with Gasteiger partial charge in [0.15, 0.2) is 7.28 Å². The van der Waals surface area contributed by atoms with Crippen molar-refractivity contribution in [2.45, 2.75) is 19.3 Å². The van der Waals surface area contributed by atoms with E-state index in [1.165, 1.54) is 134 Å². The second-order valence-electron chi connectivity index (χ2n) is 17.1. The Labute approximate surface area is 355 Å². The summed E-state index contributed by atoms with van der Waals surface area (Å²) in [5.74, 6) is 0. The van der Waals surface area contributed by atoms with E-state index in [2.05, 4.69) is 195 Å². The lowest BCUT2D eigenvalue weighted by Crippen LogP contribution is -2.42. The fourth-order valence-corrected chi connectivity index (χ4v) is 13.1. The predicted molar refractivity (Wildman–Crippen MR) is 262 cm³/mol. The van der Waals surface area contributed by atoms with Crippen LogP contribution in [0.1, 0.15) is 25.0 Å². The van der Waals surface area contributed by atoms with Gasteiger partial charge in [-0.25, -0.2) is 0 Å². The summed E-state index contributed by atoms with van der Waals surface area (Å²) < 4.78 is 5.27. The highest BCUT2D eigenvalue weighted by molar-refractivity contribution is 7.26. The number of anilines is 3. The molecule has 0 spiro atoms. The maximum atomic E-state index is 4.01. The Balaban J connectivity index is 1.13. The Morgan fingerprint density at radius 2 is 1.15 bits per heavy atom. The van der Waals surface area contributed by atoms with Gasteiger partial charge >= 0.3 is 0 Å². The van der Waals surface area contributed by atoms with Crippen molar-refractivity contribution in [2.75, 3.05) is 4.90 Å². The Bertz CT molecular complexity index is 3860. The van der Waals surface area contributed by atoms with E-state index in [1.54, 1.807) is 0 Å². The number of aromatic nitrogens is 1. The molecule has 0 unspecified atom stereocenters. The van der Waals surface area contributed by atoms with Crippen LogP contribution in [0, 0.1) is 0 Å². The molecule has 0 saturated heterocycles. The zero-order valence-corrected chi connectivity index (χ0v) is 34.6. The first-order valence-corrected chi connectivity index (χ1v) is 22.4. The molecule has 279 valence electrons. The lowest BCUT2D eigenvalue weighted by Gasteiger charge is -2.39. The van der Waals surface area contributed by atoms with Crippen molar-refractivity contribution in [1.29, 1.82) is 0 Å². The third-order valence-electron chi connectivity index (χ3n) is 13.6. The molecule has 0 saturated carbocycles. The van der Waals surface area contributed by atoms with Gasteiger partial charge in [-0.2, -0.15) is 0 Å². The van der Waals surface area contributed by atoms with Crippen LogP contribution in [-0.4, -0.2) is 12.3 Å². The van der Waals surface area contributed by atoms with E-state index in [-0.39, 0.29) is 5.41 Å². The average molecular weight is 798 g/mol. The number of nitrogens with zero attached hydrogens (tertiary/aromatic N) is 1. The van der Waals surface area contributed by atoms with E-state index in [4.69, 9.17) is 0 Å². The molecule has 9 aromatic carbocycles. The average Bonchev–Trinajstić information content (AvgIpc) is 4.02. The van der Waals surface area contributed by atoms with Gasteiger partial charge < -0.3 is 9.88 Å². The smallest absolute Gasteiger partial charge is 0.197 e. The molecule has 4 heterocycles. The minimum atomic E-state index is -0.247. The van der Waals surface area contributed by atoms with Crippen LogP contribution in [0.3, 0.4) is 0 Å². The summed E-state index contributed by atoms with van der Waals surface area (Å²) in [5.41, 5.74) is 16.1. The first-order valence-electron chi connectivity index (χ1n) is 20.7. The van der Waals surface area contributed by atoms with Crippen molar-refractivity contribution in [2.24, 2.45) is 0 Å². The standard InChI is InChI=1S/C55H34BN2S2/c1-55(2)43-19-8-5-14-33(43)41-27-42(37-18-11-17-36-38-24-22-30-12-3-4-13-32(30)52(38)57-53(36)37)51-54(50(41)55)58(31-23-25-48-39(26-31)34-15-6-9-20-46(34)59-48)45-28-40-35-16-7-10-21-47(35)60-49(40)29-44(45)56-51/h3-29,57H,1-2H3. The molecule has 2 aliphatic rings. The molecule has 14 rings (SSSR count). The second kappa shape index (κ2) is 11.8. The second-order valence-corrected chi connectivity index (χ2v) is 19.3. The topological polar surface area (TPSA) is 19.0 Å². The van der Waals surface area contributed by atoms with Gasteiger partial charge in [0.2, 0.25) is 0 Å². The minimum absolute atomic E-state index is 0.247. The van der Waals surface area contributed by atoms with Crippen LogP contribution in [0.2, 0.25) is 0 Å². The van der Waals surface area contributed by atoms with Gasteiger partial charge in [0.25, 0.3) is 0 Å². The molecule has 1 aliphatic heterocycles. The molecule has 0 bridgehead atoms. The van der Waals surface area contributed by atoms with Crippen molar-refractivity contribution in [3.63, 3.8) is 0 Å². The SMILES string of the molecule is CC1(C)c2ccccc2-c2cc(-c3cccc4c3[nH]c3c5ccccc5ccc43)c3c(c21)N(c1ccc2sc4ccccc4c2c1)c1cc2c(cc1[B]3)sc1ccccc12. The zero-order chi connectivity index (χ0) is 39.4. The van der Waals surface area contributed by atoms with Crippen LogP contribution in [0.15, 0.2) is 164 Å². The summed E-state index contributed by atoms with van der Waals surface area (Å²) in [5, 5.41) is 10.2. The molecule has 0 amide bonds. The van der Waals surface area contributed by atoms with Crippen LogP contribution >= 0.6 is 22.7 Å². The van der Waals surface area contributed by atoms with Crippen LogP contribution in [0.25, 0.3) is 95.2 Å². The van der Waals surface area contributed by atoms with E-state index in [9.17, 15) is 0 Å². The number of benzene rings is 9. The molecule has 1 aliphatic carbocycles. The van der Waals surface area contributed by atoms with Gasteiger partial charge in [0.05, 0.1) is 11.0 Å². The number of para-hydroxylation sites is 1. The number of thiophene rings is 2. The molecular weight excluding hydrogens is 764 g/mol. The van der Waals surface area contributed by atoms with E-state index in [1.807, 2.05) is 22.7 Å². The van der Waals surface area contributed by atoms with E-state index in [0.29, 0.717) is 0 Å². The van der Waals surface area contributed by atoms with Crippen molar-refractivity contribution in [1.82, 2.24) is 4.98 Å². The lowest BCUT2D eigenvalue weighted by molar-refractivity contribution is 0.661. The summed E-state index contributed by atoms with van der Waals surface area (Å²) in [6.07, 6.45) is 0. The Kier molecular flexibility index (Phi) is 6.51. The molecule has 3 aromatic heterocycles. The number of fused-ring (bicyclic) bond motifs is 17. The molecule has 0 fully saturated rings. The predicted octanol–water partition coefficient (Wildman–Crippen LogP) is 14.6. The van der Waals surface area contributed by atoms with Gasteiger partial charge in [-0.1, -0.05) is 135 Å². The normalized spacial score (nSPS) is 14.1. The quantitative estimate of drug-likeness (QED) is 0.173. The summed E-state index contributed by atoms with van der Waals surface area (Å²) in [6.45, 7) is 4.86. The number of aromatic amines is 1. The van der Waals surface area contributed by atoms with Crippen molar-refractivity contribution in [3.05, 3.63) is 175 Å². The number of H-pyrrole nitrogens is 1. The third-order valence-corrected chi connectivity index (χ3v) is 15.9. The first kappa shape index (κ1) is 33.2. The zero-order valence-electron chi connectivity index (χ0n) is 32.9. The molecule has 0 atom stereocenters. The Hall–Kier alpha value is -6.66. The van der Waals surface area contributed by atoms with Gasteiger partial charge in [0, 0.05) is 84.5 Å². The molecule has 5 heteroatoms. The van der Waals surface area contributed by atoms with Gasteiger partial charge in [0.1, 0.15) is 0 Å². The number of nitrogens with one attached hydrogen (secondary N) is 1. The van der Waals surface area contributed by atoms with Crippen molar-refractivity contribution in [3.8, 4) is 22.3 Å². The highest BCUT2D eigenvalue weighted by Crippen LogP contribution is 2.56. The van der Waals surface area contributed by atoms with E-state index < -0.39 is 0 Å². The summed E-state index contributed by atoms with van der Waals surface area (Å²) >= 11 is 3.77. The molecule has 2 nitrogen and oxygen atoms in total. The minimum Gasteiger partial charge on any atom is -0.353 e. The van der Waals surface area contributed by atoms with Crippen LogP contribution in [0.4, 0.5) is 17.1 Å². The Morgan fingerprint density at radius 1 is 0.483 bits per heavy atom. The van der Waals surface area contributed by atoms with Gasteiger partial charge in [-0.15, -0.1) is 22.7 Å². The lowest BCUT2D eigenvalue weighted by atomic mass is 9.56. The molecule has 12 aromatic rings. The van der Waals surface area contributed by atoms with Crippen LogP contribution in [0.5, 0.6) is 0 Å². The first-order chi connectivity index (χ1) is 29.5. The molecular formula is C55H34BN2S2. The largest absolute Gasteiger partial charge is 0.353 e. The van der Waals surface area contributed by atoms with Crippen LogP contribution < -0.4 is 15.8 Å². The monoisotopic (exact) mass is 797 g/mol. The van der Waals surface area contributed by atoms with Crippen molar-refractivity contribution < 1.29 is 0 Å². The molecule has 1 N–H and O–H groups in total. The van der Waals surface area contributed by atoms with Crippen molar-refractivity contribution >= 4 is 131 Å². The molecule has 1 radical (unpaired) electrons. The maximum absolute atomic E-state index is 4.01. The van der Waals surface area contributed by atoms with Gasteiger partial charge in [-0.3, -0.25) is 0 Å². The summed E-state index contributed by atoms with van der Waals surface area (Å²) in [6, 6.07) is 61.7. The van der Waals surface area contributed by atoms with Gasteiger partial charge in [-0.05, 0) is 87.2 Å². The number of rotatable bonds is 2. The molecule has 60 heavy (non-hydrogen) atoms. The summed E-state index contributed by atoms with van der Waals surface area (Å²) in [7, 11) is 2.51. The van der Waals surface area contributed by atoms with E-state index >= 15 is 0 Å². The highest BCUT2D eigenvalue weighted by atomic mass is 32.1. The number of hydrogen-bond acceptors (Lipinski definition) is 3. The van der Waals surface area contributed by atoms with Crippen LogP contribution in [-0.2, 0) is 5.41 Å². The maximum Gasteiger partial charge on any atom is 0.197 e.